The Morgan fingerprint density at radius 2 is 1.84 bits per heavy atom. The summed E-state index contributed by atoms with van der Waals surface area (Å²) < 4.78 is 6.25. The lowest BCUT2D eigenvalue weighted by atomic mass is 9.52. The third-order valence-corrected chi connectivity index (χ3v) is 4.57. The zero-order valence-electron chi connectivity index (χ0n) is 12.1. The first-order chi connectivity index (χ1) is 8.97. The van der Waals surface area contributed by atoms with E-state index in [4.69, 9.17) is 4.74 Å². The average molecular weight is 326 g/mol. The molecule has 1 aromatic carbocycles. The number of methoxy groups -OCH3 is 1. The van der Waals surface area contributed by atoms with Gasteiger partial charge in [0.25, 0.3) is 0 Å². The fourth-order valence-electron chi connectivity index (χ4n) is 3.52. The number of ether oxygens (including phenoxy) is 1. The van der Waals surface area contributed by atoms with Crippen molar-refractivity contribution in [3.63, 3.8) is 0 Å². The van der Waals surface area contributed by atoms with E-state index in [1.54, 1.807) is 7.11 Å². The predicted octanol–water partition coefficient (Wildman–Crippen LogP) is 3.74. The predicted molar refractivity (Wildman–Crippen MR) is 83.6 cm³/mol. The Labute approximate surface area is 125 Å². The SMILES string of the molecule is COCCNCC1(c2ccc(Br)cc2)CC(C)(C)C1. The van der Waals surface area contributed by atoms with Crippen LogP contribution in [0.15, 0.2) is 28.7 Å². The first-order valence-corrected chi connectivity index (χ1v) is 7.73. The van der Waals surface area contributed by atoms with E-state index in [0.717, 1.165) is 24.2 Å². The molecule has 0 saturated heterocycles. The first-order valence-electron chi connectivity index (χ1n) is 6.93. The number of hydrogen-bond donors (Lipinski definition) is 1. The maximum atomic E-state index is 5.10. The molecule has 2 rings (SSSR count). The van der Waals surface area contributed by atoms with Crippen molar-refractivity contribution < 1.29 is 4.74 Å². The fourth-order valence-corrected chi connectivity index (χ4v) is 3.78. The molecule has 0 aliphatic heterocycles. The molecule has 1 aromatic rings. The lowest BCUT2D eigenvalue weighted by Gasteiger charge is -2.54. The van der Waals surface area contributed by atoms with Crippen LogP contribution in [0, 0.1) is 5.41 Å². The van der Waals surface area contributed by atoms with Crippen molar-refractivity contribution in [2.24, 2.45) is 5.41 Å². The molecule has 0 amide bonds. The van der Waals surface area contributed by atoms with E-state index in [2.05, 4.69) is 59.4 Å². The van der Waals surface area contributed by atoms with Crippen LogP contribution in [0.3, 0.4) is 0 Å². The van der Waals surface area contributed by atoms with Crippen LogP contribution in [0.5, 0.6) is 0 Å². The summed E-state index contributed by atoms with van der Waals surface area (Å²) in [5.41, 5.74) is 2.23. The number of benzene rings is 1. The fraction of sp³-hybridized carbons (Fsp3) is 0.625. The lowest BCUT2D eigenvalue weighted by Crippen LogP contribution is -2.52. The van der Waals surface area contributed by atoms with E-state index >= 15 is 0 Å². The molecule has 0 radical (unpaired) electrons. The van der Waals surface area contributed by atoms with Crippen molar-refractivity contribution in [1.82, 2.24) is 5.32 Å². The summed E-state index contributed by atoms with van der Waals surface area (Å²) in [5.74, 6) is 0. The molecule has 0 heterocycles. The summed E-state index contributed by atoms with van der Waals surface area (Å²) in [6.45, 7) is 7.47. The van der Waals surface area contributed by atoms with Crippen LogP contribution in [0.2, 0.25) is 0 Å². The molecule has 0 spiro atoms. The minimum absolute atomic E-state index is 0.304. The Hall–Kier alpha value is -0.380. The van der Waals surface area contributed by atoms with Gasteiger partial charge in [0.1, 0.15) is 0 Å². The van der Waals surface area contributed by atoms with Gasteiger partial charge in [0.15, 0.2) is 0 Å². The molecule has 1 aliphatic carbocycles. The summed E-state index contributed by atoms with van der Waals surface area (Å²) in [5, 5.41) is 3.54. The molecule has 1 aliphatic rings. The molecule has 0 aromatic heterocycles. The molecular formula is C16H24BrNO. The summed E-state index contributed by atoms with van der Waals surface area (Å²) in [4.78, 5) is 0. The van der Waals surface area contributed by atoms with Crippen molar-refractivity contribution in [2.45, 2.75) is 32.1 Å². The van der Waals surface area contributed by atoms with Crippen molar-refractivity contribution in [2.75, 3.05) is 26.8 Å². The van der Waals surface area contributed by atoms with Gasteiger partial charge >= 0.3 is 0 Å². The summed E-state index contributed by atoms with van der Waals surface area (Å²) in [7, 11) is 1.75. The quantitative estimate of drug-likeness (QED) is 0.804. The Morgan fingerprint density at radius 3 is 2.37 bits per heavy atom. The van der Waals surface area contributed by atoms with Gasteiger partial charge in [-0.25, -0.2) is 0 Å². The molecule has 1 N–H and O–H groups in total. The van der Waals surface area contributed by atoms with Crippen molar-refractivity contribution in [3.05, 3.63) is 34.3 Å². The molecule has 2 nitrogen and oxygen atoms in total. The summed E-state index contributed by atoms with van der Waals surface area (Å²) >= 11 is 3.52. The highest BCUT2D eigenvalue weighted by atomic mass is 79.9. The van der Waals surface area contributed by atoms with Crippen LogP contribution in [0.1, 0.15) is 32.3 Å². The molecule has 0 atom stereocenters. The van der Waals surface area contributed by atoms with E-state index in [9.17, 15) is 0 Å². The highest BCUT2D eigenvalue weighted by Gasteiger charge is 2.49. The molecular weight excluding hydrogens is 302 g/mol. The van der Waals surface area contributed by atoms with Gasteiger partial charge < -0.3 is 10.1 Å². The topological polar surface area (TPSA) is 21.3 Å². The van der Waals surface area contributed by atoms with Gasteiger partial charge in [-0.2, -0.15) is 0 Å². The normalized spacial score (nSPS) is 20.0. The van der Waals surface area contributed by atoms with Gasteiger partial charge in [0.05, 0.1) is 6.61 Å². The minimum atomic E-state index is 0.304. The summed E-state index contributed by atoms with van der Waals surface area (Å²) in [6.07, 6.45) is 2.50. The van der Waals surface area contributed by atoms with Crippen LogP contribution in [0.25, 0.3) is 0 Å². The number of rotatable bonds is 6. The van der Waals surface area contributed by atoms with Gasteiger partial charge in [-0.3, -0.25) is 0 Å². The van der Waals surface area contributed by atoms with Crippen LogP contribution in [-0.4, -0.2) is 26.8 Å². The van der Waals surface area contributed by atoms with E-state index in [0.29, 0.717) is 10.8 Å². The third kappa shape index (κ3) is 3.59. The minimum Gasteiger partial charge on any atom is -0.383 e. The zero-order valence-corrected chi connectivity index (χ0v) is 13.7. The smallest absolute Gasteiger partial charge is 0.0587 e. The number of hydrogen-bond acceptors (Lipinski definition) is 2. The second kappa shape index (κ2) is 5.94. The Kier molecular flexibility index (Phi) is 4.70. The van der Waals surface area contributed by atoms with Crippen LogP contribution >= 0.6 is 15.9 Å². The van der Waals surface area contributed by atoms with Gasteiger partial charge in [-0.1, -0.05) is 41.9 Å². The molecule has 0 unspecified atom stereocenters. The van der Waals surface area contributed by atoms with Gasteiger partial charge in [-0.15, -0.1) is 0 Å². The number of nitrogens with one attached hydrogen (secondary N) is 1. The Bertz CT molecular complexity index is 405. The van der Waals surface area contributed by atoms with E-state index < -0.39 is 0 Å². The Morgan fingerprint density at radius 1 is 1.21 bits per heavy atom. The van der Waals surface area contributed by atoms with Crippen LogP contribution < -0.4 is 5.32 Å². The van der Waals surface area contributed by atoms with Crippen molar-refractivity contribution in [1.29, 1.82) is 0 Å². The molecule has 1 fully saturated rings. The van der Waals surface area contributed by atoms with E-state index in [-0.39, 0.29) is 0 Å². The monoisotopic (exact) mass is 325 g/mol. The second-order valence-corrected chi connectivity index (χ2v) is 7.39. The third-order valence-electron chi connectivity index (χ3n) is 4.04. The van der Waals surface area contributed by atoms with Gasteiger partial charge in [0.2, 0.25) is 0 Å². The first kappa shape index (κ1) is 15.0. The average Bonchev–Trinajstić information content (AvgIpc) is 2.33. The highest BCUT2D eigenvalue weighted by Crippen LogP contribution is 2.55. The maximum absolute atomic E-state index is 5.10. The van der Waals surface area contributed by atoms with Gasteiger partial charge in [-0.05, 0) is 36.0 Å². The molecule has 1 saturated carbocycles. The lowest BCUT2D eigenvalue weighted by molar-refractivity contribution is 0.0548. The van der Waals surface area contributed by atoms with Crippen LogP contribution in [0.4, 0.5) is 0 Å². The van der Waals surface area contributed by atoms with E-state index in [1.165, 1.54) is 18.4 Å². The second-order valence-electron chi connectivity index (χ2n) is 6.47. The molecule has 3 heteroatoms. The van der Waals surface area contributed by atoms with Gasteiger partial charge in [0, 0.05) is 30.1 Å². The van der Waals surface area contributed by atoms with E-state index in [1.807, 2.05) is 0 Å². The zero-order chi connectivity index (χ0) is 13.9. The highest BCUT2D eigenvalue weighted by molar-refractivity contribution is 9.10. The maximum Gasteiger partial charge on any atom is 0.0587 e. The summed E-state index contributed by atoms with van der Waals surface area (Å²) in [6, 6.07) is 8.82. The molecule has 19 heavy (non-hydrogen) atoms. The van der Waals surface area contributed by atoms with Crippen LogP contribution in [-0.2, 0) is 10.2 Å². The standard InChI is InChI=1S/C16H24BrNO/c1-15(2)10-16(11-15,12-18-8-9-19-3)13-4-6-14(17)7-5-13/h4-7,18H,8-12H2,1-3H3. The van der Waals surface area contributed by atoms with Crippen molar-refractivity contribution in [3.8, 4) is 0 Å². The molecule has 106 valence electrons. The van der Waals surface area contributed by atoms with Crippen molar-refractivity contribution >= 4 is 15.9 Å². The number of halogens is 1. The largest absolute Gasteiger partial charge is 0.383 e. The Balaban J connectivity index is 2.06. The molecule has 0 bridgehead atoms.